The van der Waals surface area contributed by atoms with Crippen LogP contribution < -0.4 is 5.32 Å². The highest BCUT2D eigenvalue weighted by atomic mass is 35.5. The molecule has 0 fully saturated rings. The van der Waals surface area contributed by atoms with E-state index in [1.807, 2.05) is 30.3 Å². The average Bonchev–Trinajstić information content (AvgIpc) is 3.56. The molecule has 5 rings (SSSR count). The minimum Gasteiger partial charge on any atom is -0.432 e. The van der Waals surface area contributed by atoms with Crippen molar-refractivity contribution in [3.63, 3.8) is 0 Å². The molecular weight excluding hydrogens is 527 g/mol. The number of fused-ring (bicyclic) bond motifs is 1. The lowest BCUT2D eigenvalue weighted by Gasteiger charge is -2.13. The van der Waals surface area contributed by atoms with Gasteiger partial charge in [-0.3, -0.25) is 14.7 Å². The van der Waals surface area contributed by atoms with Gasteiger partial charge in [-0.05, 0) is 42.3 Å². The van der Waals surface area contributed by atoms with Gasteiger partial charge in [-0.1, -0.05) is 54.4 Å². The van der Waals surface area contributed by atoms with Crippen LogP contribution in [0.1, 0.15) is 30.8 Å². The molecule has 38 heavy (non-hydrogen) atoms. The number of halogens is 2. The van der Waals surface area contributed by atoms with Crippen LogP contribution in [-0.4, -0.2) is 38.1 Å². The van der Waals surface area contributed by atoms with Gasteiger partial charge >= 0.3 is 0 Å². The fourth-order valence-electron chi connectivity index (χ4n) is 4.08. The molecule has 192 valence electrons. The molecule has 8 nitrogen and oxygen atoms in total. The second kappa shape index (κ2) is 10.4. The second-order valence-corrected chi connectivity index (χ2v) is 9.52. The Morgan fingerprint density at radius 2 is 1.79 bits per heavy atom. The lowest BCUT2D eigenvalue weighted by molar-refractivity contribution is -0.123. The summed E-state index contributed by atoms with van der Waals surface area (Å²) >= 11 is 12.9. The van der Waals surface area contributed by atoms with Crippen LogP contribution in [0.25, 0.3) is 44.6 Å². The summed E-state index contributed by atoms with van der Waals surface area (Å²) in [5.74, 6) is -1.03. The van der Waals surface area contributed by atoms with Crippen LogP contribution in [0.4, 0.5) is 5.69 Å². The van der Waals surface area contributed by atoms with Crippen molar-refractivity contribution in [2.24, 2.45) is 0 Å². The number of amides is 1. The van der Waals surface area contributed by atoms with Crippen LogP contribution in [0.2, 0.25) is 10.0 Å². The van der Waals surface area contributed by atoms with Crippen molar-refractivity contribution in [3.8, 4) is 33.5 Å². The minimum atomic E-state index is -1.29. The monoisotopic (exact) mass is 548 g/mol. The van der Waals surface area contributed by atoms with E-state index in [2.05, 4.69) is 15.5 Å². The Hall–Kier alpha value is -3.98. The average molecular weight is 549 g/mol. The van der Waals surface area contributed by atoms with Crippen molar-refractivity contribution in [2.75, 3.05) is 5.32 Å². The Bertz CT molecular complexity index is 1660. The molecule has 0 radical (unpaired) electrons. The lowest BCUT2D eigenvalue weighted by Crippen LogP contribution is -2.25. The number of anilines is 1. The van der Waals surface area contributed by atoms with Gasteiger partial charge in [0.05, 0.1) is 22.3 Å². The van der Waals surface area contributed by atoms with Crippen LogP contribution in [0.3, 0.4) is 0 Å². The Labute approximate surface area is 227 Å². The molecule has 3 aromatic heterocycles. The molecule has 0 aliphatic rings. The van der Waals surface area contributed by atoms with E-state index in [1.54, 1.807) is 37.5 Å². The summed E-state index contributed by atoms with van der Waals surface area (Å²) in [6, 6.07) is 14.6. The molecule has 1 amide bonds. The third-order valence-electron chi connectivity index (χ3n) is 6.10. The summed E-state index contributed by atoms with van der Waals surface area (Å²) in [4.78, 5) is 29.9. The number of nitrogens with zero attached hydrogens (tertiary/aromatic N) is 2. The maximum Gasteiger partial charge on any atom is 0.253 e. The van der Waals surface area contributed by atoms with Gasteiger partial charge in [-0.25, -0.2) is 4.98 Å². The van der Waals surface area contributed by atoms with Crippen LogP contribution in [0.15, 0.2) is 65.3 Å². The number of hydrogen-bond donors (Lipinski definition) is 3. The molecule has 0 saturated heterocycles. The van der Waals surface area contributed by atoms with Gasteiger partial charge in [0.15, 0.2) is 11.5 Å². The smallest absolute Gasteiger partial charge is 0.253 e. The first kappa shape index (κ1) is 25.7. The van der Waals surface area contributed by atoms with Gasteiger partial charge in [0.25, 0.3) is 5.91 Å². The Morgan fingerprint density at radius 1 is 1.05 bits per heavy atom. The summed E-state index contributed by atoms with van der Waals surface area (Å²) in [5.41, 5.74) is 4.67. The number of hydrogen-bond acceptors (Lipinski definition) is 6. The first-order valence-corrected chi connectivity index (χ1v) is 12.6. The van der Waals surface area contributed by atoms with E-state index in [4.69, 9.17) is 32.6 Å². The highest BCUT2D eigenvalue weighted by Crippen LogP contribution is 2.41. The number of pyridine rings is 1. The largest absolute Gasteiger partial charge is 0.432 e. The SMILES string of the molecule is CCC(=O)c1oc2nc(-c3ccc(-c4cn[nH]c4)cc3Cl)c(-c3ccc(Cl)cc3)cc2c1NC(=O)[C@H](C)O. The van der Waals surface area contributed by atoms with Gasteiger partial charge in [-0.2, -0.15) is 5.10 Å². The van der Waals surface area contributed by atoms with Crippen molar-refractivity contribution >= 4 is 51.7 Å². The Kier molecular flexibility index (Phi) is 7.03. The number of aromatic amines is 1. The van der Waals surface area contributed by atoms with Gasteiger partial charge in [0.1, 0.15) is 11.8 Å². The molecule has 5 aromatic rings. The zero-order valence-electron chi connectivity index (χ0n) is 20.4. The van der Waals surface area contributed by atoms with Crippen LogP contribution in [0, 0.1) is 0 Å². The number of nitrogens with one attached hydrogen (secondary N) is 2. The van der Waals surface area contributed by atoms with E-state index in [0.717, 1.165) is 16.7 Å². The number of H-pyrrole nitrogens is 1. The van der Waals surface area contributed by atoms with Crippen LogP contribution in [0.5, 0.6) is 0 Å². The number of rotatable bonds is 7. The maximum atomic E-state index is 12.7. The third-order valence-corrected chi connectivity index (χ3v) is 6.66. The number of furan rings is 1. The van der Waals surface area contributed by atoms with Gasteiger partial charge in [0, 0.05) is 34.3 Å². The number of aromatic nitrogens is 3. The molecule has 3 heterocycles. The number of Topliss-reactive ketones (excluding diaryl/α,β-unsaturated/α-hetero) is 1. The van der Waals surface area contributed by atoms with E-state index < -0.39 is 12.0 Å². The molecule has 10 heteroatoms. The fourth-order valence-corrected chi connectivity index (χ4v) is 4.48. The Balaban J connectivity index is 1.76. The first-order chi connectivity index (χ1) is 18.3. The molecule has 0 aliphatic heterocycles. The molecule has 2 aromatic carbocycles. The summed E-state index contributed by atoms with van der Waals surface area (Å²) < 4.78 is 5.89. The number of carbonyl (C=O) groups excluding carboxylic acids is 2. The number of aliphatic hydroxyl groups is 1. The van der Waals surface area contributed by atoms with E-state index in [9.17, 15) is 14.7 Å². The summed E-state index contributed by atoms with van der Waals surface area (Å²) in [7, 11) is 0. The van der Waals surface area contributed by atoms with Crippen molar-refractivity contribution in [2.45, 2.75) is 26.4 Å². The number of ketones is 1. The molecule has 0 saturated carbocycles. The topological polar surface area (TPSA) is 121 Å². The lowest BCUT2D eigenvalue weighted by atomic mass is 9.96. The summed E-state index contributed by atoms with van der Waals surface area (Å²) in [6.45, 7) is 3.03. The van der Waals surface area contributed by atoms with Gasteiger partial charge in [-0.15, -0.1) is 0 Å². The van der Waals surface area contributed by atoms with Crippen molar-refractivity contribution in [1.29, 1.82) is 0 Å². The normalized spacial score (nSPS) is 12.0. The summed E-state index contributed by atoms with van der Waals surface area (Å²) in [6.07, 6.45) is 2.33. The van der Waals surface area contributed by atoms with E-state index in [0.29, 0.717) is 32.3 Å². The van der Waals surface area contributed by atoms with E-state index in [-0.39, 0.29) is 29.4 Å². The van der Waals surface area contributed by atoms with Crippen LogP contribution >= 0.6 is 23.2 Å². The number of aliphatic hydroxyl groups excluding tert-OH is 1. The van der Waals surface area contributed by atoms with Crippen molar-refractivity contribution in [1.82, 2.24) is 15.2 Å². The quantitative estimate of drug-likeness (QED) is 0.193. The molecule has 0 bridgehead atoms. The number of benzene rings is 2. The van der Waals surface area contributed by atoms with E-state index in [1.165, 1.54) is 6.92 Å². The standard InChI is InChI=1S/C28H22Cl2N4O4/c1-3-23(36)26-25(33-27(37)14(2)35)21-11-20(15-4-7-18(29)8-5-15)24(34-28(21)38-26)19-9-6-16(10-22(19)30)17-12-31-32-13-17/h4-14,35H,3H2,1-2H3,(H,31,32)(H,33,37)/t14-/m0/s1. The molecule has 0 unspecified atom stereocenters. The zero-order chi connectivity index (χ0) is 27.0. The predicted molar refractivity (Wildman–Crippen MR) is 147 cm³/mol. The predicted octanol–water partition coefficient (Wildman–Crippen LogP) is 6.77. The summed E-state index contributed by atoms with van der Waals surface area (Å²) in [5, 5.41) is 20.6. The molecule has 3 N–H and O–H groups in total. The zero-order valence-corrected chi connectivity index (χ0v) is 21.9. The molecule has 0 spiro atoms. The maximum absolute atomic E-state index is 12.7. The third kappa shape index (κ3) is 4.81. The van der Waals surface area contributed by atoms with Crippen molar-refractivity contribution < 1.29 is 19.1 Å². The Morgan fingerprint density at radius 3 is 2.42 bits per heavy atom. The second-order valence-electron chi connectivity index (χ2n) is 8.67. The highest BCUT2D eigenvalue weighted by molar-refractivity contribution is 6.34. The van der Waals surface area contributed by atoms with Gasteiger partial charge in [0.2, 0.25) is 5.71 Å². The van der Waals surface area contributed by atoms with E-state index >= 15 is 0 Å². The van der Waals surface area contributed by atoms with Crippen molar-refractivity contribution in [3.05, 3.63) is 76.7 Å². The van der Waals surface area contributed by atoms with Gasteiger partial charge < -0.3 is 14.8 Å². The van der Waals surface area contributed by atoms with Crippen LogP contribution in [-0.2, 0) is 4.79 Å². The minimum absolute atomic E-state index is 0.0374. The highest BCUT2D eigenvalue weighted by Gasteiger charge is 2.26. The fraction of sp³-hybridized carbons (Fsp3) is 0.143. The molecule has 0 aliphatic carbocycles. The molecular formula is C28H22Cl2N4O4. The first-order valence-electron chi connectivity index (χ1n) is 11.8. The molecule has 1 atom stereocenters. The number of carbonyl (C=O) groups is 2.